The molecule has 2 rings (SSSR count). The number of hydrogen-bond acceptors (Lipinski definition) is 3. The molecule has 1 aliphatic heterocycles. The Hall–Kier alpha value is -1.66. The van der Waals surface area contributed by atoms with E-state index in [1.165, 1.54) is 17.0 Å². The molecule has 1 heterocycles. The number of carbonyl (C=O) groups is 2. The Balaban J connectivity index is 2.02. The average Bonchev–Trinajstić information content (AvgIpc) is 2.48. The third-order valence-corrected chi connectivity index (χ3v) is 4.49. The summed E-state index contributed by atoms with van der Waals surface area (Å²) in [6, 6.07) is 3.87. The van der Waals surface area contributed by atoms with Crippen LogP contribution in [0, 0.1) is 11.7 Å². The molecule has 0 spiro atoms. The number of amides is 2. The molecule has 7 heteroatoms. The van der Waals surface area contributed by atoms with Crippen LogP contribution in [0.25, 0.3) is 0 Å². The summed E-state index contributed by atoms with van der Waals surface area (Å²) < 4.78 is 13.7. The highest BCUT2D eigenvalue weighted by molar-refractivity contribution is 6.39. The molecule has 0 aromatic heterocycles. The molecule has 23 heavy (non-hydrogen) atoms. The second kappa shape index (κ2) is 7.27. The minimum Gasteiger partial charge on any atom is -0.334 e. The number of anilines is 1. The van der Waals surface area contributed by atoms with Crippen molar-refractivity contribution in [3.8, 4) is 0 Å². The third-order valence-electron chi connectivity index (χ3n) is 4.25. The van der Waals surface area contributed by atoms with Crippen LogP contribution in [0.3, 0.4) is 0 Å². The second-order valence-corrected chi connectivity index (χ2v) is 6.53. The van der Waals surface area contributed by atoms with E-state index in [2.05, 4.69) is 17.1 Å². The Bertz CT molecular complexity index is 611. The van der Waals surface area contributed by atoms with E-state index < -0.39 is 17.6 Å². The zero-order valence-electron chi connectivity index (χ0n) is 13.5. The fourth-order valence-electron chi connectivity index (χ4n) is 2.99. The summed E-state index contributed by atoms with van der Waals surface area (Å²) in [6.07, 6.45) is 0.808. The molecule has 0 bridgehead atoms. The predicted molar refractivity (Wildman–Crippen MR) is 87.9 cm³/mol. The van der Waals surface area contributed by atoms with Gasteiger partial charge in [-0.3, -0.25) is 9.59 Å². The maximum absolute atomic E-state index is 13.7. The van der Waals surface area contributed by atoms with Crippen LogP contribution < -0.4 is 5.32 Å². The lowest BCUT2D eigenvalue weighted by molar-refractivity contribution is -0.145. The Kier molecular flexibility index (Phi) is 5.59. The molecule has 1 aromatic carbocycles. The standard InChI is InChI=1S/C16H21ClFN3O2/c1-10-9-20(2)7-6-14(10)21(3)16(23)15(22)19-13-5-4-11(17)8-12(13)18/h4-5,8,10,14H,6-7,9H2,1-3H3,(H,19,22). The lowest BCUT2D eigenvalue weighted by atomic mass is 9.93. The van der Waals surface area contributed by atoms with Crippen molar-refractivity contribution in [2.75, 3.05) is 32.5 Å². The lowest BCUT2D eigenvalue weighted by Crippen LogP contribution is -2.52. The first-order valence-electron chi connectivity index (χ1n) is 7.51. The number of rotatable bonds is 2. The van der Waals surface area contributed by atoms with E-state index in [0.717, 1.165) is 25.6 Å². The molecular weight excluding hydrogens is 321 g/mol. The monoisotopic (exact) mass is 341 g/mol. The highest BCUT2D eigenvalue weighted by Gasteiger charge is 2.32. The van der Waals surface area contributed by atoms with E-state index in [1.54, 1.807) is 7.05 Å². The molecule has 126 valence electrons. The largest absolute Gasteiger partial charge is 0.334 e. The number of hydrogen-bond donors (Lipinski definition) is 1. The van der Waals surface area contributed by atoms with E-state index >= 15 is 0 Å². The maximum Gasteiger partial charge on any atom is 0.313 e. The summed E-state index contributed by atoms with van der Waals surface area (Å²) in [5.41, 5.74) is -0.0578. The van der Waals surface area contributed by atoms with Gasteiger partial charge in [0.15, 0.2) is 0 Å². The molecule has 2 atom stereocenters. The smallest absolute Gasteiger partial charge is 0.313 e. The highest BCUT2D eigenvalue weighted by atomic mass is 35.5. The van der Waals surface area contributed by atoms with Gasteiger partial charge in [-0.25, -0.2) is 4.39 Å². The minimum absolute atomic E-state index is 0.000449. The zero-order chi connectivity index (χ0) is 17.1. The van der Waals surface area contributed by atoms with Crippen molar-refractivity contribution in [1.82, 2.24) is 9.80 Å². The summed E-state index contributed by atoms with van der Waals surface area (Å²) in [7, 11) is 3.65. The van der Waals surface area contributed by atoms with Crippen LogP contribution in [0.4, 0.5) is 10.1 Å². The van der Waals surface area contributed by atoms with Gasteiger partial charge in [0.05, 0.1) is 5.69 Å². The Morgan fingerprint density at radius 2 is 2.13 bits per heavy atom. The van der Waals surface area contributed by atoms with Gasteiger partial charge >= 0.3 is 11.8 Å². The number of likely N-dealkylation sites (N-methyl/N-ethyl adjacent to an activating group) is 1. The maximum atomic E-state index is 13.7. The van der Waals surface area contributed by atoms with Gasteiger partial charge in [0.25, 0.3) is 0 Å². The quantitative estimate of drug-likeness (QED) is 0.839. The summed E-state index contributed by atoms with van der Waals surface area (Å²) in [5, 5.41) is 2.53. The number of benzene rings is 1. The fraction of sp³-hybridized carbons (Fsp3) is 0.500. The van der Waals surface area contributed by atoms with E-state index in [9.17, 15) is 14.0 Å². The molecule has 1 fully saturated rings. The molecule has 1 saturated heterocycles. The van der Waals surface area contributed by atoms with Crippen LogP contribution in [0.2, 0.25) is 5.02 Å². The Morgan fingerprint density at radius 3 is 2.74 bits per heavy atom. The second-order valence-electron chi connectivity index (χ2n) is 6.09. The molecule has 0 aliphatic carbocycles. The van der Waals surface area contributed by atoms with E-state index in [4.69, 9.17) is 11.6 Å². The van der Waals surface area contributed by atoms with Crippen LogP contribution >= 0.6 is 11.6 Å². The molecular formula is C16H21ClFN3O2. The molecule has 0 saturated carbocycles. The average molecular weight is 342 g/mol. The van der Waals surface area contributed by atoms with E-state index in [-0.39, 0.29) is 22.7 Å². The van der Waals surface area contributed by atoms with Crippen molar-refractivity contribution in [2.45, 2.75) is 19.4 Å². The molecule has 1 N–H and O–H groups in total. The molecule has 2 unspecified atom stereocenters. The van der Waals surface area contributed by atoms with E-state index in [1.807, 2.05) is 7.05 Å². The number of nitrogens with zero attached hydrogens (tertiary/aromatic N) is 2. The summed E-state index contributed by atoms with van der Waals surface area (Å²) >= 11 is 5.66. The molecule has 1 aromatic rings. The van der Waals surface area contributed by atoms with Crippen LogP contribution in [-0.4, -0.2) is 54.8 Å². The molecule has 2 amide bonds. The number of piperidine rings is 1. The van der Waals surface area contributed by atoms with Gasteiger partial charge in [-0.05, 0) is 44.1 Å². The van der Waals surface area contributed by atoms with Crippen molar-refractivity contribution < 1.29 is 14.0 Å². The summed E-state index contributed by atoms with van der Waals surface area (Å²) in [4.78, 5) is 28.1. The van der Waals surface area contributed by atoms with Crippen molar-refractivity contribution in [3.05, 3.63) is 29.0 Å². The van der Waals surface area contributed by atoms with Crippen LogP contribution in [-0.2, 0) is 9.59 Å². The number of nitrogens with one attached hydrogen (secondary N) is 1. The van der Waals surface area contributed by atoms with Crippen molar-refractivity contribution in [3.63, 3.8) is 0 Å². The zero-order valence-corrected chi connectivity index (χ0v) is 14.2. The van der Waals surface area contributed by atoms with Gasteiger partial charge in [0.1, 0.15) is 5.82 Å². The van der Waals surface area contributed by atoms with Crippen LogP contribution in [0.15, 0.2) is 18.2 Å². The number of likely N-dealkylation sites (tertiary alicyclic amines) is 1. The summed E-state index contributed by atoms with van der Waals surface area (Å²) in [6.45, 7) is 3.80. The van der Waals surface area contributed by atoms with Crippen LogP contribution in [0.5, 0.6) is 0 Å². The van der Waals surface area contributed by atoms with Gasteiger partial charge in [-0.15, -0.1) is 0 Å². The third kappa shape index (κ3) is 4.20. The highest BCUT2D eigenvalue weighted by Crippen LogP contribution is 2.22. The van der Waals surface area contributed by atoms with Gasteiger partial charge in [-0.2, -0.15) is 0 Å². The Labute approximate surface area is 140 Å². The van der Waals surface area contributed by atoms with E-state index in [0.29, 0.717) is 0 Å². The molecule has 1 aliphatic rings. The van der Waals surface area contributed by atoms with Crippen molar-refractivity contribution in [2.24, 2.45) is 5.92 Å². The Morgan fingerprint density at radius 1 is 1.43 bits per heavy atom. The number of carbonyl (C=O) groups excluding carboxylic acids is 2. The first-order chi connectivity index (χ1) is 10.8. The lowest BCUT2D eigenvalue weighted by Gasteiger charge is -2.39. The fourth-order valence-corrected chi connectivity index (χ4v) is 3.15. The SMILES string of the molecule is CC1CN(C)CCC1N(C)C(=O)C(=O)Nc1ccc(Cl)cc1F. The topological polar surface area (TPSA) is 52.7 Å². The van der Waals surface area contributed by atoms with Gasteiger partial charge in [0.2, 0.25) is 0 Å². The van der Waals surface area contributed by atoms with Gasteiger partial charge in [0, 0.05) is 24.7 Å². The normalized spacial score (nSPS) is 21.8. The predicted octanol–water partition coefficient (Wildman–Crippen LogP) is 2.22. The molecule has 5 nitrogen and oxygen atoms in total. The minimum atomic E-state index is -0.847. The van der Waals surface area contributed by atoms with Gasteiger partial charge < -0.3 is 15.1 Å². The first kappa shape index (κ1) is 17.7. The number of halogens is 2. The first-order valence-corrected chi connectivity index (χ1v) is 7.89. The van der Waals surface area contributed by atoms with Crippen molar-refractivity contribution >= 4 is 29.1 Å². The summed E-state index contributed by atoms with van der Waals surface area (Å²) in [5.74, 6) is -1.92. The van der Waals surface area contributed by atoms with Crippen molar-refractivity contribution in [1.29, 1.82) is 0 Å². The van der Waals surface area contributed by atoms with Gasteiger partial charge in [-0.1, -0.05) is 18.5 Å². The van der Waals surface area contributed by atoms with Crippen LogP contribution in [0.1, 0.15) is 13.3 Å². The molecule has 0 radical (unpaired) electrons.